The summed E-state index contributed by atoms with van der Waals surface area (Å²) in [6.07, 6.45) is 1.62. The predicted octanol–water partition coefficient (Wildman–Crippen LogP) is 0.392. The van der Waals surface area contributed by atoms with Crippen LogP contribution >= 0.6 is 12.4 Å². The molecule has 0 radical (unpaired) electrons. The van der Waals surface area contributed by atoms with E-state index in [9.17, 15) is 9.59 Å². The lowest BCUT2D eigenvalue weighted by molar-refractivity contribution is -0.136. The van der Waals surface area contributed by atoms with Gasteiger partial charge in [0.25, 0.3) is 0 Å². The minimum Gasteiger partial charge on any atom is -0.355 e. The van der Waals surface area contributed by atoms with E-state index in [4.69, 9.17) is 0 Å². The summed E-state index contributed by atoms with van der Waals surface area (Å²) in [7, 11) is 0. The fourth-order valence-electron chi connectivity index (χ4n) is 2.07. The summed E-state index contributed by atoms with van der Waals surface area (Å²) in [4.78, 5) is 25.1. The largest absolute Gasteiger partial charge is 0.355 e. The fraction of sp³-hybridized carbons (Fsp3) is 0.833. The molecule has 0 aromatic heterocycles. The van der Waals surface area contributed by atoms with Crippen LogP contribution < -0.4 is 10.6 Å². The highest BCUT2D eigenvalue weighted by molar-refractivity contribution is 5.85. The third kappa shape index (κ3) is 5.69. The number of hydrogen-bond acceptors (Lipinski definition) is 3. The first-order valence-electron chi connectivity index (χ1n) is 6.42. The first-order chi connectivity index (χ1) is 8.17. The lowest BCUT2D eigenvalue weighted by atomic mass is 10.0. The maximum absolute atomic E-state index is 12.0. The van der Waals surface area contributed by atoms with Gasteiger partial charge in [-0.05, 0) is 39.3 Å². The van der Waals surface area contributed by atoms with Crippen molar-refractivity contribution >= 4 is 24.2 Å². The minimum absolute atomic E-state index is 0. The van der Waals surface area contributed by atoms with Crippen molar-refractivity contribution in [2.45, 2.75) is 26.7 Å². The van der Waals surface area contributed by atoms with Crippen LogP contribution in [0.2, 0.25) is 0 Å². The van der Waals surface area contributed by atoms with E-state index in [0.29, 0.717) is 25.4 Å². The van der Waals surface area contributed by atoms with Crippen LogP contribution in [0.1, 0.15) is 26.7 Å². The van der Waals surface area contributed by atoms with Crippen LogP contribution in [0.5, 0.6) is 0 Å². The molecule has 1 aliphatic heterocycles. The topological polar surface area (TPSA) is 61.4 Å². The molecular formula is C12H24ClN3O2. The molecule has 1 saturated heterocycles. The van der Waals surface area contributed by atoms with E-state index in [-0.39, 0.29) is 30.8 Å². The third-order valence-corrected chi connectivity index (χ3v) is 3.07. The molecule has 0 aromatic carbocycles. The van der Waals surface area contributed by atoms with Crippen molar-refractivity contribution in [1.82, 2.24) is 15.5 Å². The van der Waals surface area contributed by atoms with Gasteiger partial charge in [0.1, 0.15) is 0 Å². The van der Waals surface area contributed by atoms with Gasteiger partial charge in [-0.2, -0.15) is 0 Å². The number of nitrogens with zero attached hydrogens (tertiary/aromatic N) is 1. The van der Waals surface area contributed by atoms with Crippen LogP contribution in [0.15, 0.2) is 0 Å². The molecule has 0 aromatic rings. The Hall–Kier alpha value is -0.810. The fourth-order valence-corrected chi connectivity index (χ4v) is 2.07. The van der Waals surface area contributed by atoms with Crippen molar-refractivity contribution in [2.75, 3.05) is 32.7 Å². The molecule has 5 nitrogen and oxygen atoms in total. The number of carbonyl (C=O) groups excluding carboxylic acids is 2. The van der Waals surface area contributed by atoms with Crippen molar-refractivity contribution in [3.05, 3.63) is 0 Å². The molecular weight excluding hydrogens is 254 g/mol. The van der Waals surface area contributed by atoms with E-state index in [2.05, 4.69) is 10.6 Å². The molecule has 1 aliphatic rings. The Labute approximate surface area is 115 Å². The molecule has 0 saturated carbocycles. The number of likely N-dealkylation sites (N-methyl/N-ethyl adjacent to an activating group) is 2. The van der Waals surface area contributed by atoms with Crippen LogP contribution in [0.4, 0.5) is 0 Å². The monoisotopic (exact) mass is 277 g/mol. The van der Waals surface area contributed by atoms with Crippen molar-refractivity contribution < 1.29 is 9.59 Å². The van der Waals surface area contributed by atoms with Gasteiger partial charge in [0.05, 0.1) is 6.54 Å². The second-order valence-corrected chi connectivity index (χ2v) is 4.42. The highest BCUT2D eigenvalue weighted by Crippen LogP contribution is 2.13. The Balaban J connectivity index is 0.00000289. The van der Waals surface area contributed by atoms with Crippen LogP contribution in [0.3, 0.4) is 0 Å². The molecule has 6 heteroatoms. The van der Waals surface area contributed by atoms with E-state index >= 15 is 0 Å². The number of carbonyl (C=O) groups is 2. The van der Waals surface area contributed by atoms with Crippen molar-refractivity contribution in [1.29, 1.82) is 0 Å². The lowest BCUT2D eigenvalue weighted by Gasteiger charge is -2.21. The predicted molar refractivity (Wildman–Crippen MR) is 73.8 cm³/mol. The van der Waals surface area contributed by atoms with Crippen LogP contribution in [0.25, 0.3) is 0 Å². The minimum atomic E-state index is -0.0766. The number of amides is 2. The quantitative estimate of drug-likeness (QED) is 0.738. The lowest BCUT2D eigenvalue weighted by Crippen LogP contribution is -2.41. The van der Waals surface area contributed by atoms with Crippen molar-refractivity contribution in [3.63, 3.8) is 0 Å². The maximum Gasteiger partial charge on any atom is 0.239 e. The summed E-state index contributed by atoms with van der Waals surface area (Å²) < 4.78 is 0. The smallest absolute Gasteiger partial charge is 0.239 e. The van der Waals surface area contributed by atoms with Gasteiger partial charge in [0.15, 0.2) is 0 Å². The van der Waals surface area contributed by atoms with Crippen molar-refractivity contribution in [3.8, 4) is 0 Å². The molecule has 2 N–H and O–H groups in total. The summed E-state index contributed by atoms with van der Waals surface area (Å²) in [6.45, 7) is 7.09. The van der Waals surface area contributed by atoms with E-state index in [0.717, 1.165) is 19.5 Å². The number of nitrogens with one attached hydrogen (secondary N) is 2. The Morgan fingerprint density at radius 2 is 2.11 bits per heavy atom. The molecule has 1 fully saturated rings. The Morgan fingerprint density at radius 1 is 1.39 bits per heavy atom. The third-order valence-electron chi connectivity index (χ3n) is 3.07. The molecule has 1 unspecified atom stereocenters. The highest BCUT2D eigenvalue weighted by atomic mass is 35.5. The Morgan fingerprint density at radius 3 is 2.61 bits per heavy atom. The molecule has 1 atom stereocenters. The zero-order chi connectivity index (χ0) is 12.7. The maximum atomic E-state index is 12.0. The molecule has 0 bridgehead atoms. The van der Waals surface area contributed by atoms with Gasteiger partial charge in [0, 0.05) is 19.5 Å². The summed E-state index contributed by atoms with van der Waals surface area (Å²) in [5.41, 5.74) is 0. The van der Waals surface area contributed by atoms with E-state index in [1.807, 2.05) is 13.8 Å². The van der Waals surface area contributed by atoms with Gasteiger partial charge >= 0.3 is 0 Å². The molecule has 0 spiro atoms. The summed E-state index contributed by atoms with van der Waals surface area (Å²) >= 11 is 0. The Kier molecular flexibility index (Phi) is 8.75. The van der Waals surface area contributed by atoms with Gasteiger partial charge in [-0.3, -0.25) is 9.59 Å². The zero-order valence-electron chi connectivity index (χ0n) is 11.2. The first kappa shape index (κ1) is 17.2. The normalized spacial score (nSPS) is 18.0. The summed E-state index contributed by atoms with van der Waals surface area (Å²) in [5, 5.41) is 5.96. The van der Waals surface area contributed by atoms with Gasteiger partial charge in [0.2, 0.25) is 11.8 Å². The van der Waals surface area contributed by atoms with Crippen molar-refractivity contribution in [2.24, 2.45) is 5.92 Å². The highest BCUT2D eigenvalue weighted by Gasteiger charge is 2.22. The summed E-state index contributed by atoms with van der Waals surface area (Å²) in [6, 6.07) is 0. The van der Waals surface area contributed by atoms with Gasteiger partial charge in [-0.1, -0.05) is 0 Å². The van der Waals surface area contributed by atoms with Crippen LogP contribution in [-0.2, 0) is 9.59 Å². The van der Waals surface area contributed by atoms with Gasteiger partial charge in [-0.15, -0.1) is 12.4 Å². The van der Waals surface area contributed by atoms with Crippen LogP contribution in [-0.4, -0.2) is 49.4 Å². The number of rotatable bonds is 6. The first-order valence-corrected chi connectivity index (χ1v) is 6.42. The number of halogens is 1. The standard InChI is InChI=1S/C12H23N3O2.ClH/c1-3-14-11(16)9-15(4-2)12(17)7-10-5-6-13-8-10;/h10,13H,3-9H2,1-2H3,(H,14,16);1H. The van der Waals surface area contributed by atoms with E-state index in [1.165, 1.54) is 0 Å². The molecule has 0 aliphatic carbocycles. The van der Waals surface area contributed by atoms with E-state index in [1.54, 1.807) is 4.90 Å². The molecule has 1 heterocycles. The van der Waals surface area contributed by atoms with E-state index < -0.39 is 0 Å². The average Bonchev–Trinajstić information content (AvgIpc) is 2.78. The van der Waals surface area contributed by atoms with Gasteiger partial charge in [-0.25, -0.2) is 0 Å². The second-order valence-electron chi connectivity index (χ2n) is 4.42. The molecule has 18 heavy (non-hydrogen) atoms. The summed E-state index contributed by atoms with van der Waals surface area (Å²) in [5.74, 6) is 0.450. The number of hydrogen-bond donors (Lipinski definition) is 2. The molecule has 106 valence electrons. The molecule has 1 rings (SSSR count). The second kappa shape index (κ2) is 9.16. The SMILES string of the molecule is CCNC(=O)CN(CC)C(=O)CC1CCNC1.Cl. The Bertz CT molecular complexity index is 268. The van der Waals surface area contributed by atoms with Gasteiger partial charge < -0.3 is 15.5 Å². The van der Waals surface area contributed by atoms with Crippen LogP contribution in [0, 0.1) is 5.92 Å². The molecule has 2 amide bonds. The zero-order valence-corrected chi connectivity index (χ0v) is 12.0. The average molecular weight is 278 g/mol.